The maximum atomic E-state index is 5.41. The number of allylic oxidation sites excluding steroid dienone is 1. The zero-order chi connectivity index (χ0) is 18.6. The number of hydrogen-bond donors (Lipinski definition) is 1. The van der Waals surface area contributed by atoms with Crippen molar-refractivity contribution in [2.45, 2.75) is 32.9 Å². The summed E-state index contributed by atoms with van der Waals surface area (Å²) in [6.45, 7) is 13.2. The summed E-state index contributed by atoms with van der Waals surface area (Å²) in [5, 5.41) is 3.38. The summed E-state index contributed by atoms with van der Waals surface area (Å²) >= 11 is 0. The zero-order valence-electron chi connectivity index (χ0n) is 16.4. The number of rotatable bonds is 9. The Bertz CT molecular complexity index is 550. The molecule has 0 aliphatic carbocycles. The highest BCUT2D eigenvalue weighted by Crippen LogP contribution is 2.10. The number of aliphatic imine (C=N–C) groups is 1. The van der Waals surface area contributed by atoms with Gasteiger partial charge in [-0.2, -0.15) is 0 Å². The summed E-state index contributed by atoms with van der Waals surface area (Å²) in [5.74, 6) is 0.967. The molecule has 26 heavy (non-hydrogen) atoms. The van der Waals surface area contributed by atoms with E-state index in [0.29, 0.717) is 6.54 Å². The molecule has 0 atom stereocenters. The highest BCUT2D eigenvalue weighted by molar-refractivity contribution is 5.79. The lowest BCUT2D eigenvalue weighted by molar-refractivity contribution is 0.0342. The Kier molecular flexibility index (Phi) is 9.21. The molecule has 1 fully saturated rings. The van der Waals surface area contributed by atoms with Crippen molar-refractivity contribution in [1.29, 1.82) is 0 Å². The number of morpholine rings is 1. The van der Waals surface area contributed by atoms with Crippen LogP contribution in [0.15, 0.2) is 41.9 Å². The molecule has 0 radical (unpaired) electrons. The van der Waals surface area contributed by atoms with E-state index in [1.165, 1.54) is 11.1 Å². The first kappa shape index (κ1) is 20.5. The van der Waals surface area contributed by atoms with Crippen molar-refractivity contribution in [1.82, 2.24) is 15.1 Å². The van der Waals surface area contributed by atoms with E-state index in [4.69, 9.17) is 9.73 Å². The van der Waals surface area contributed by atoms with Gasteiger partial charge in [0.15, 0.2) is 5.96 Å². The lowest BCUT2D eigenvalue weighted by Gasteiger charge is -2.26. The second-order valence-corrected chi connectivity index (χ2v) is 6.73. The molecule has 0 saturated carbocycles. The third kappa shape index (κ3) is 7.18. The fourth-order valence-electron chi connectivity index (χ4n) is 2.98. The largest absolute Gasteiger partial charge is 0.379 e. The molecule has 1 heterocycles. The van der Waals surface area contributed by atoms with Gasteiger partial charge in [-0.25, -0.2) is 4.99 Å². The quantitative estimate of drug-likeness (QED) is 0.319. The summed E-state index contributed by atoms with van der Waals surface area (Å²) in [4.78, 5) is 9.42. The lowest BCUT2D eigenvalue weighted by Crippen LogP contribution is -2.39. The molecule has 0 unspecified atom stereocenters. The third-order valence-electron chi connectivity index (χ3n) is 4.54. The van der Waals surface area contributed by atoms with Crippen molar-refractivity contribution in [2.75, 3.05) is 46.4 Å². The molecule has 0 amide bonds. The fraction of sp³-hybridized carbons (Fsp3) is 0.571. The molecule has 5 nitrogen and oxygen atoms in total. The average Bonchev–Trinajstić information content (AvgIpc) is 2.67. The minimum atomic E-state index is 0.700. The molecule has 144 valence electrons. The van der Waals surface area contributed by atoms with Crippen molar-refractivity contribution in [3.05, 3.63) is 48.0 Å². The van der Waals surface area contributed by atoms with Gasteiger partial charge in [0.2, 0.25) is 0 Å². The van der Waals surface area contributed by atoms with Crippen molar-refractivity contribution < 1.29 is 4.74 Å². The van der Waals surface area contributed by atoms with Crippen molar-refractivity contribution in [3.63, 3.8) is 0 Å². The minimum Gasteiger partial charge on any atom is -0.379 e. The Labute approximate surface area is 158 Å². The first-order valence-corrected chi connectivity index (χ1v) is 9.71. The van der Waals surface area contributed by atoms with Gasteiger partial charge in [0.1, 0.15) is 0 Å². The molecule has 5 heteroatoms. The molecular weight excluding hydrogens is 324 g/mol. The second-order valence-electron chi connectivity index (χ2n) is 6.73. The summed E-state index contributed by atoms with van der Waals surface area (Å²) in [5.41, 5.74) is 2.60. The van der Waals surface area contributed by atoms with Gasteiger partial charge in [-0.15, -0.1) is 6.58 Å². The van der Waals surface area contributed by atoms with E-state index >= 15 is 0 Å². The Morgan fingerprint density at radius 1 is 1.27 bits per heavy atom. The normalized spacial score (nSPS) is 15.7. The molecule has 1 aliphatic heterocycles. The molecule has 0 aromatic heterocycles. The van der Waals surface area contributed by atoms with Crippen LogP contribution in [0.2, 0.25) is 0 Å². The van der Waals surface area contributed by atoms with Crippen LogP contribution in [0.5, 0.6) is 0 Å². The van der Waals surface area contributed by atoms with Gasteiger partial charge in [-0.05, 0) is 30.9 Å². The van der Waals surface area contributed by atoms with Crippen LogP contribution in [0.1, 0.15) is 30.9 Å². The predicted octanol–water partition coefficient (Wildman–Crippen LogP) is 2.88. The summed E-state index contributed by atoms with van der Waals surface area (Å²) in [7, 11) is 2.09. The van der Waals surface area contributed by atoms with Gasteiger partial charge in [-0.1, -0.05) is 30.3 Å². The van der Waals surface area contributed by atoms with Crippen molar-refractivity contribution in [2.24, 2.45) is 4.99 Å². The molecule has 0 bridgehead atoms. The van der Waals surface area contributed by atoms with Crippen LogP contribution in [-0.2, 0) is 17.8 Å². The monoisotopic (exact) mass is 358 g/mol. The minimum absolute atomic E-state index is 0.700. The number of guanidine groups is 1. The Hall–Kier alpha value is -1.85. The van der Waals surface area contributed by atoms with E-state index in [2.05, 4.69) is 59.9 Å². The second kappa shape index (κ2) is 11.7. The van der Waals surface area contributed by atoms with Crippen LogP contribution < -0.4 is 5.32 Å². The standard InChI is InChI=1S/C21H34N4O/c1-4-6-7-12-24(3)21(22-5-2)23-17-19-8-10-20(11-9-19)18-25-13-15-26-16-14-25/h4,8-11H,1,5-7,12-18H2,2-3H3,(H,22,23). The van der Waals surface area contributed by atoms with Gasteiger partial charge in [0, 0.05) is 39.8 Å². The maximum absolute atomic E-state index is 5.41. The van der Waals surface area contributed by atoms with Crippen LogP contribution >= 0.6 is 0 Å². The maximum Gasteiger partial charge on any atom is 0.193 e. The smallest absolute Gasteiger partial charge is 0.193 e. The average molecular weight is 359 g/mol. The predicted molar refractivity (Wildman–Crippen MR) is 109 cm³/mol. The van der Waals surface area contributed by atoms with Crippen LogP contribution in [0.4, 0.5) is 0 Å². The molecule has 1 aliphatic rings. The molecule has 0 spiro atoms. The summed E-state index contributed by atoms with van der Waals surface area (Å²) in [6.07, 6.45) is 4.10. The fourth-order valence-corrected chi connectivity index (χ4v) is 2.98. The van der Waals surface area contributed by atoms with Crippen LogP contribution in [0.25, 0.3) is 0 Å². The molecule has 1 aromatic carbocycles. The highest BCUT2D eigenvalue weighted by Gasteiger charge is 2.10. The Balaban J connectivity index is 1.88. The van der Waals surface area contributed by atoms with Gasteiger partial charge in [0.25, 0.3) is 0 Å². The summed E-state index contributed by atoms with van der Waals surface area (Å²) in [6, 6.07) is 8.84. The van der Waals surface area contributed by atoms with E-state index in [-0.39, 0.29) is 0 Å². The van der Waals surface area contributed by atoms with E-state index in [1.54, 1.807) is 0 Å². The number of nitrogens with one attached hydrogen (secondary N) is 1. The highest BCUT2D eigenvalue weighted by atomic mass is 16.5. The lowest BCUT2D eigenvalue weighted by atomic mass is 10.1. The van der Waals surface area contributed by atoms with E-state index < -0.39 is 0 Å². The number of nitrogens with zero attached hydrogens (tertiary/aromatic N) is 3. The van der Waals surface area contributed by atoms with E-state index in [0.717, 1.165) is 64.7 Å². The Morgan fingerprint density at radius 2 is 1.96 bits per heavy atom. The first-order valence-electron chi connectivity index (χ1n) is 9.71. The van der Waals surface area contributed by atoms with Gasteiger partial charge < -0.3 is 15.0 Å². The summed E-state index contributed by atoms with van der Waals surface area (Å²) < 4.78 is 5.41. The topological polar surface area (TPSA) is 40.1 Å². The number of ether oxygens (including phenoxy) is 1. The molecule has 1 saturated heterocycles. The van der Waals surface area contributed by atoms with Gasteiger partial charge >= 0.3 is 0 Å². The number of hydrogen-bond acceptors (Lipinski definition) is 3. The molecule has 2 rings (SSSR count). The van der Waals surface area contributed by atoms with E-state index in [9.17, 15) is 0 Å². The van der Waals surface area contributed by atoms with Crippen LogP contribution in [0.3, 0.4) is 0 Å². The number of benzene rings is 1. The van der Waals surface area contributed by atoms with Crippen molar-refractivity contribution in [3.8, 4) is 0 Å². The number of unbranched alkanes of at least 4 members (excludes halogenated alkanes) is 1. The zero-order valence-corrected chi connectivity index (χ0v) is 16.4. The van der Waals surface area contributed by atoms with Crippen molar-refractivity contribution >= 4 is 5.96 Å². The molecular formula is C21H34N4O. The van der Waals surface area contributed by atoms with Crippen LogP contribution in [0, 0.1) is 0 Å². The SMILES string of the molecule is C=CCCCN(C)C(=NCc1ccc(CN2CCOCC2)cc1)NCC. The van der Waals surface area contributed by atoms with Crippen LogP contribution in [-0.4, -0.2) is 62.2 Å². The van der Waals surface area contributed by atoms with E-state index in [1.807, 2.05) is 6.08 Å². The molecule has 1 N–H and O–H groups in total. The van der Waals surface area contributed by atoms with Gasteiger partial charge in [0.05, 0.1) is 19.8 Å². The molecule has 1 aromatic rings. The Morgan fingerprint density at radius 3 is 2.62 bits per heavy atom. The van der Waals surface area contributed by atoms with Gasteiger partial charge in [-0.3, -0.25) is 4.90 Å². The first-order chi connectivity index (χ1) is 12.7. The third-order valence-corrected chi connectivity index (χ3v) is 4.54.